The highest BCUT2D eigenvalue weighted by molar-refractivity contribution is 5.90. The molecule has 2 heteroatoms. The predicted octanol–water partition coefficient (Wildman–Crippen LogP) is 3.98. The Morgan fingerprint density at radius 3 is 2.70 bits per heavy atom. The third-order valence-electron chi connectivity index (χ3n) is 3.68. The van der Waals surface area contributed by atoms with E-state index in [2.05, 4.69) is 17.6 Å². The summed E-state index contributed by atoms with van der Waals surface area (Å²) in [6.45, 7) is 2.18. The van der Waals surface area contributed by atoms with Crippen LogP contribution in [-0.4, -0.2) is 4.98 Å². The molecule has 1 heterocycles. The van der Waals surface area contributed by atoms with Gasteiger partial charge in [0.25, 0.3) is 5.56 Å². The largest absolute Gasteiger partial charge is 0.321 e. The molecule has 0 atom stereocenters. The lowest BCUT2D eigenvalue weighted by atomic mass is 9.96. The van der Waals surface area contributed by atoms with Gasteiger partial charge in [0, 0.05) is 11.0 Å². The van der Waals surface area contributed by atoms with Crippen molar-refractivity contribution in [3.8, 4) is 0 Å². The number of benzene rings is 1. The van der Waals surface area contributed by atoms with Crippen molar-refractivity contribution >= 4 is 16.3 Å². The third kappa shape index (κ3) is 2.15. The van der Waals surface area contributed by atoms with Crippen molar-refractivity contribution in [2.75, 3.05) is 0 Å². The van der Waals surface area contributed by atoms with Crippen molar-refractivity contribution in [3.05, 3.63) is 69.8 Å². The second-order valence-corrected chi connectivity index (χ2v) is 5.04. The molecule has 0 aliphatic heterocycles. The molecule has 1 aliphatic carbocycles. The normalized spacial score (nSPS) is 13.2. The molecule has 100 valence electrons. The third-order valence-corrected chi connectivity index (χ3v) is 3.68. The van der Waals surface area contributed by atoms with Gasteiger partial charge in [0.15, 0.2) is 0 Å². The van der Waals surface area contributed by atoms with Gasteiger partial charge in [0.2, 0.25) is 0 Å². The molecule has 20 heavy (non-hydrogen) atoms. The summed E-state index contributed by atoms with van der Waals surface area (Å²) in [7, 11) is 0. The number of rotatable bonds is 4. The van der Waals surface area contributed by atoms with Crippen LogP contribution in [0.3, 0.4) is 0 Å². The Labute approximate surface area is 118 Å². The number of aromatic nitrogens is 1. The van der Waals surface area contributed by atoms with Crippen molar-refractivity contribution in [2.24, 2.45) is 0 Å². The molecular weight excluding hydrogens is 246 g/mol. The minimum absolute atomic E-state index is 0.0227. The van der Waals surface area contributed by atoms with Gasteiger partial charge in [0.1, 0.15) is 0 Å². The standard InChI is InChI=1S/C18H17NO/c1-2-3-10-15-14-11-6-7-12-16(14)18(20)19-17(15)13-8-4-5-9-13/h4-8,11-12H,2-3,10H2,1H3,(H,19,20). The molecule has 0 amide bonds. The first-order valence-corrected chi connectivity index (χ1v) is 7.09. The molecule has 1 aromatic heterocycles. The highest BCUT2D eigenvalue weighted by Gasteiger charge is 2.13. The van der Waals surface area contributed by atoms with Crippen molar-refractivity contribution in [1.82, 2.24) is 4.98 Å². The molecule has 0 radical (unpaired) electrons. The zero-order valence-electron chi connectivity index (χ0n) is 11.6. The summed E-state index contributed by atoms with van der Waals surface area (Å²) in [6, 6.07) is 7.84. The molecule has 0 saturated carbocycles. The van der Waals surface area contributed by atoms with E-state index >= 15 is 0 Å². The van der Waals surface area contributed by atoms with Crippen LogP contribution in [0.25, 0.3) is 16.3 Å². The molecular formula is C18H17NO. The molecule has 0 unspecified atom stereocenters. The van der Waals surface area contributed by atoms with Crippen LogP contribution in [-0.2, 0) is 6.42 Å². The number of H-pyrrole nitrogens is 1. The van der Waals surface area contributed by atoms with Gasteiger partial charge in [-0.05, 0) is 42.0 Å². The molecule has 0 saturated heterocycles. The Morgan fingerprint density at radius 2 is 2.00 bits per heavy atom. The van der Waals surface area contributed by atoms with Gasteiger partial charge in [-0.1, -0.05) is 37.6 Å². The van der Waals surface area contributed by atoms with Gasteiger partial charge >= 0.3 is 0 Å². The predicted molar refractivity (Wildman–Crippen MR) is 83.8 cm³/mol. The summed E-state index contributed by atoms with van der Waals surface area (Å²) >= 11 is 0. The van der Waals surface area contributed by atoms with Gasteiger partial charge in [-0.15, -0.1) is 5.73 Å². The minimum atomic E-state index is -0.0227. The number of allylic oxidation sites excluding steroid dienone is 3. The fourth-order valence-corrected chi connectivity index (χ4v) is 2.66. The SMILES string of the molecule is CCCCc1c(C2=C=CC=C2)[nH]c(=O)c2ccccc12. The molecule has 2 nitrogen and oxygen atoms in total. The Morgan fingerprint density at radius 1 is 1.20 bits per heavy atom. The quantitative estimate of drug-likeness (QED) is 0.831. The number of pyridine rings is 1. The van der Waals surface area contributed by atoms with Crippen LogP contribution in [0.4, 0.5) is 0 Å². The minimum Gasteiger partial charge on any atom is -0.321 e. The molecule has 1 aromatic carbocycles. The zero-order valence-corrected chi connectivity index (χ0v) is 11.6. The van der Waals surface area contributed by atoms with Crippen LogP contribution < -0.4 is 5.56 Å². The first-order valence-electron chi connectivity index (χ1n) is 7.09. The monoisotopic (exact) mass is 263 g/mol. The molecule has 1 N–H and O–H groups in total. The van der Waals surface area contributed by atoms with Gasteiger partial charge in [0.05, 0.1) is 5.69 Å². The van der Waals surface area contributed by atoms with E-state index in [0.29, 0.717) is 0 Å². The van der Waals surface area contributed by atoms with Crippen LogP contribution in [0, 0.1) is 0 Å². The Bertz CT molecular complexity index is 802. The fourth-order valence-electron chi connectivity index (χ4n) is 2.66. The molecule has 0 fully saturated rings. The zero-order chi connectivity index (χ0) is 13.9. The highest BCUT2D eigenvalue weighted by atomic mass is 16.1. The van der Waals surface area contributed by atoms with E-state index in [0.717, 1.165) is 41.3 Å². The molecule has 2 aromatic rings. The lowest BCUT2D eigenvalue weighted by Gasteiger charge is -2.12. The van der Waals surface area contributed by atoms with Crippen molar-refractivity contribution in [3.63, 3.8) is 0 Å². The van der Waals surface area contributed by atoms with Crippen LogP contribution in [0.2, 0.25) is 0 Å². The van der Waals surface area contributed by atoms with E-state index in [1.54, 1.807) is 0 Å². The summed E-state index contributed by atoms with van der Waals surface area (Å²) in [5, 5.41) is 1.84. The maximum absolute atomic E-state index is 12.3. The molecule has 0 bridgehead atoms. The van der Waals surface area contributed by atoms with Gasteiger partial charge in [-0.3, -0.25) is 4.79 Å². The number of aromatic amines is 1. The summed E-state index contributed by atoms with van der Waals surface area (Å²) in [5.74, 6) is 0. The topological polar surface area (TPSA) is 32.9 Å². The van der Waals surface area contributed by atoms with Crippen LogP contribution in [0.5, 0.6) is 0 Å². The van der Waals surface area contributed by atoms with Gasteiger partial charge in [-0.25, -0.2) is 0 Å². The summed E-state index contributed by atoms with van der Waals surface area (Å²) < 4.78 is 0. The number of unbranched alkanes of at least 4 members (excludes halogenated alkanes) is 1. The van der Waals surface area contributed by atoms with Gasteiger partial charge < -0.3 is 4.98 Å². The second-order valence-electron chi connectivity index (χ2n) is 5.04. The smallest absolute Gasteiger partial charge is 0.256 e. The number of hydrogen-bond donors (Lipinski definition) is 1. The maximum atomic E-state index is 12.3. The molecule has 1 aliphatic rings. The van der Waals surface area contributed by atoms with Gasteiger partial charge in [-0.2, -0.15) is 0 Å². The van der Waals surface area contributed by atoms with E-state index < -0.39 is 0 Å². The fraction of sp³-hybridized carbons (Fsp3) is 0.222. The first kappa shape index (κ1) is 12.7. The van der Waals surface area contributed by atoms with Crippen LogP contribution >= 0.6 is 0 Å². The van der Waals surface area contributed by atoms with E-state index in [9.17, 15) is 4.79 Å². The lowest BCUT2D eigenvalue weighted by molar-refractivity contribution is 0.794. The summed E-state index contributed by atoms with van der Waals surface area (Å²) in [6.07, 6.45) is 9.05. The number of aryl methyl sites for hydroxylation is 1. The van der Waals surface area contributed by atoms with Crippen molar-refractivity contribution in [2.45, 2.75) is 26.2 Å². The first-order chi connectivity index (χ1) is 9.81. The second kappa shape index (κ2) is 5.36. The number of nitrogens with one attached hydrogen (secondary N) is 1. The molecule has 3 rings (SSSR count). The van der Waals surface area contributed by atoms with E-state index in [1.807, 2.05) is 42.5 Å². The van der Waals surface area contributed by atoms with Crippen molar-refractivity contribution < 1.29 is 0 Å². The molecule has 0 spiro atoms. The van der Waals surface area contributed by atoms with Crippen LogP contribution in [0.15, 0.2) is 53.0 Å². The highest BCUT2D eigenvalue weighted by Crippen LogP contribution is 2.26. The lowest BCUT2D eigenvalue weighted by Crippen LogP contribution is -2.12. The van der Waals surface area contributed by atoms with E-state index in [4.69, 9.17) is 0 Å². The Kier molecular flexibility index (Phi) is 3.41. The summed E-state index contributed by atoms with van der Waals surface area (Å²) in [4.78, 5) is 15.3. The Balaban J connectivity index is 2.30. The van der Waals surface area contributed by atoms with E-state index in [-0.39, 0.29) is 5.56 Å². The summed E-state index contributed by atoms with van der Waals surface area (Å²) in [5.41, 5.74) is 6.29. The average molecular weight is 263 g/mol. The number of fused-ring (bicyclic) bond motifs is 1. The number of hydrogen-bond acceptors (Lipinski definition) is 1. The Hall–Kier alpha value is -2.31. The average Bonchev–Trinajstić information content (AvgIpc) is 3.00. The van der Waals surface area contributed by atoms with Crippen LogP contribution in [0.1, 0.15) is 31.0 Å². The van der Waals surface area contributed by atoms with E-state index in [1.165, 1.54) is 5.56 Å². The maximum Gasteiger partial charge on any atom is 0.256 e. The van der Waals surface area contributed by atoms with Crippen molar-refractivity contribution in [1.29, 1.82) is 0 Å².